The molecular weight excluding hydrogens is 329 g/mol. The summed E-state index contributed by atoms with van der Waals surface area (Å²) in [6, 6.07) is 8.73. The summed E-state index contributed by atoms with van der Waals surface area (Å²) >= 11 is 2.30. The van der Waals surface area contributed by atoms with E-state index in [0.717, 1.165) is 0 Å². The first-order valence-corrected chi connectivity index (χ1v) is 6.51. The van der Waals surface area contributed by atoms with E-state index < -0.39 is 0 Å². The molecule has 0 amide bonds. The van der Waals surface area contributed by atoms with Crippen LogP contribution in [0.25, 0.3) is 0 Å². The quantitative estimate of drug-likeness (QED) is 0.868. The minimum atomic E-state index is 0.269. The first kappa shape index (κ1) is 12.5. The molecule has 2 rings (SSSR count). The number of rotatable bonds is 4. The minimum Gasteiger partial charge on any atom is -0.340 e. The van der Waals surface area contributed by atoms with Gasteiger partial charge in [-0.15, -0.1) is 0 Å². The summed E-state index contributed by atoms with van der Waals surface area (Å²) in [6.07, 6.45) is 0. The van der Waals surface area contributed by atoms with Gasteiger partial charge in [-0.3, -0.25) is 0 Å². The van der Waals surface area contributed by atoms with Crippen molar-refractivity contribution in [1.82, 2.24) is 15.5 Å². The van der Waals surface area contributed by atoms with Gasteiger partial charge in [0.15, 0.2) is 5.82 Å². The predicted octanol–water partition coefficient (Wildman–Crippen LogP) is 2.83. The van der Waals surface area contributed by atoms with E-state index in [1.807, 2.05) is 0 Å². The molecule has 1 aromatic carbocycles. The molecule has 4 nitrogen and oxygen atoms in total. The van der Waals surface area contributed by atoms with Gasteiger partial charge in [-0.1, -0.05) is 17.3 Å². The second-order valence-corrected chi connectivity index (χ2v) is 5.13. The van der Waals surface area contributed by atoms with Crippen LogP contribution in [0.4, 0.5) is 0 Å². The van der Waals surface area contributed by atoms with Gasteiger partial charge in [-0.05, 0) is 47.2 Å². The fourth-order valence-electron chi connectivity index (χ4n) is 1.53. The highest BCUT2D eigenvalue weighted by molar-refractivity contribution is 14.1. The molecule has 0 fully saturated rings. The van der Waals surface area contributed by atoms with E-state index in [-0.39, 0.29) is 6.04 Å². The van der Waals surface area contributed by atoms with Crippen molar-refractivity contribution >= 4 is 22.6 Å². The maximum atomic E-state index is 4.92. The maximum Gasteiger partial charge on any atom is 0.223 e. The van der Waals surface area contributed by atoms with Crippen LogP contribution >= 0.6 is 22.6 Å². The number of nitrogens with one attached hydrogen (secondary N) is 1. The molecule has 0 saturated heterocycles. The largest absolute Gasteiger partial charge is 0.340 e. The van der Waals surface area contributed by atoms with Crippen molar-refractivity contribution < 1.29 is 4.52 Å². The van der Waals surface area contributed by atoms with Crippen LogP contribution in [0.1, 0.15) is 30.2 Å². The third-order valence-corrected chi connectivity index (χ3v) is 3.23. The monoisotopic (exact) mass is 343 g/mol. The molecule has 1 N–H and O–H groups in total. The molecule has 5 heteroatoms. The molecule has 17 heavy (non-hydrogen) atoms. The fraction of sp³-hybridized carbons (Fsp3) is 0.333. The van der Waals surface area contributed by atoms with E-state index in [1.165, 1.54) is 9.13 Å². The van der Waals surface area contributed by atoms with E-state index in [9.17, 15) is 0 Å². The zero-order chi connectivity index (χ0) is 12.3. The predicted molar refractivity (Wildman–Crippen MR) is 73.4 cm³/mol. The molecule has 1 heterocycles. The first-order valence-electron chi connectivity index (χ1n) is 5.43. The normalized spacial score (nSPS) is 12.6. The van der Waals surface area contributed by atoms with Gasteiger partial charge in [0.25, 0.3) is 0 Å². The number of aryl methyl sites for hydroxylation is 1. The van der Waals surface area contributed by atoms with E-state index in [0.29, 0.717) is 18.3 Å². The zero-order valence-electron chi connectivity index (χ0n) is 9.77. The van der Waals surface area contributed by atoms with Crippen LogP contribution in [-0.2, 0) is 6.54 Å². The summed E-state index contributed by atoms with van der Waals surface area (Å²) in [5.41, 5.74) is 1.26. The number of halogens is 1. The van der Waals surface area contributed by atoms with Crippen molar-refractivity contribution in [1.29, 1.82) is 0 Å². The Hall–Kier alpha value is -0.950. The zero-order valence-corrected chi connectivity index (χ0v) is 11.9. The first-order chi connectivity index (χ1) is 8.15. The van der Waals surface area contributed by atoms with E-state index in [2.05, 4.69) is 69.2 Å². The summed E-state index contributed by atoms with van der Waals surface area (Å²) in [4.78, 5) is 4.15. The Kier molecular flexibility index (Phi) is 4.11. The third-order valence-electron chi connectivity index (χ3n) is 2.51. The Bertz CT molecular complexity index is 481. The lowest BCUT2D eigenvalue weighted by atomic mass is 10.1. The molecule has 0 radical (unpaired) electrons. The number of hydrogen-bond acceptors (Lipinski definition) is 4. The van der Waals surface area contributed by atoms with E-state index in [1.54, 1.807) is 6.92 Å². The summed E-state index contributed by atoms with van der Waals surface area (Å²) < 4.78 is 6.16. The van der Waals surface area contributed by atoms with Crippen LogP contribution in [-0.4, -0.2) is 10.1 Å². The smallest absolute Gasteiger partial charge is 0.223 e. The Morgan fingerprint density at radius 3 is 2.65 bits per heavy atom. The van der Waals surface area contributed by atoms with E-state index in [4.69, 9.17) is 4.52 Å². The molecule has 0 aliphatic rings. The van der Waals surface area contributed by atoms with Gasteiger partial charge in [0.1, 0.15) is 0 Å². The molecule has 0 aliphatic carbocycles. The summed E-state index contributed by atoms with van der Waals surface area (Å²) in [5, 5.41) is 7.21. The summed E-state index contributed by atoms with van der Waals surface area (Å²) in [6.45, 7) is 4.53. The van der Waals surface area contributed by atoms with Gasteiger partial charge >= 0.3 is 0 Å². The van der Waals surface area contributed by atoms with Crippen molar-refractivity contribution in [3.8, 4) is 0 Å². The van der Waals surface area contributed by atoms with Crippen LogP contribution in [0.15, 0.2) is 28.8 Å². The number of aromatic nitrogens is 2. The summed E-state index contributed by atoms with van der Waals surface area (Å²) in [7, 11) is 0. The number of benzene rings is 1. The summed E-state index contributed by atoms with van der Waals surface area (Å²) in [5.74, 6) is 1.29. The van der Waals surface area contributed by atoms with Crippen LogP contribution in [0.5, 0.6) is 0 Å². The lowest BCUT2D eigenvalue weighted by Gasteiger charge is -2.12. The SMILES string of the molecule is Cc1nc(CNC(C)c2ccc(I)cc2)no1. The molecule has 0 aliphatic heterocycles. The second kappa shape index (κ2) is 5.59. The van der Waals surface area contributed by atoms with Crippen molar-refractivity contribution in [2.24, 2.45) is 0 Å². The average Bonchev–Trinajstić information content (AvgIpc) is 2.73. The van der Waals surface area contributed by atoms with Crippen LogP contribution in [0, 0.1) is 10.5 Å². The van der Waals surface area contributed by atoms with Gasteiger partial charge in [0, 0.05) is 16.5 Å². The molecule has 0 bridgehead atoms. The molecule has 2 aromatic rings. The fourth-order valence-corrected chi connectivity index (χ4v) is 1.89. The van der Waals surface area contributed by atoms with Crippen LogP contribution in [0.3, 0.4) is 0 Å². The molecule has 1 atom stereocenters. The molecule has 0 spiro atoms. The molecule has 0 saturated carbocycles. The second-order valence-electron chi connectivity index (χ2n) is 3.88. The van der Waals surface area contributed by atoms with Crippen molar-refractivity contribution in [2.45, 2.75) is 26.4 Å². The highest BCUT2D eigenvalue weighted by Crippen LogP contribution is 2.14. The molecular formula is C12H14IN3O. The van der Waals surface area contributed by atoms with Gasteiger partial charge in [-0.2, -0.15) is 4.98 Å². The van der Waals surface area contributed by atoms with Crippen LogP contribution < -0.4 is 5.32 Å². The maximum absolute atomic E-state index is 4.92. The lowest BCUT2D eigenvalue weighted by Crippen LogP contribution is -2.18. The van der Waals surface area contributed by atoms with Crippen molar-refractivity contribution in [3.05, 3.63) is 45.1 Å². The highest BCUT2D eigenvalue weighted by atomic mass is 127. The highest BCUT2D eigenvalue weighted by Gasteiger charge is 2.07. The Labute approximate surface area is 114 Å². The Morgan fingerprint density at radius 1 is 1.35 bits per heavy atom. The topological polar surface area (TPSA) is 51.0 Å². The van der Waals surface area contributed by atoms with Gasteiger partial charge in [0.2, 0.25) is 5.89 Å². The number of hydrogen-bond donors (Lipinski definition) is 1. The van der Waals surface area contributed by atoms with Crippen molar-refractivity contribution in [3.63, 3.8) is 0 Å². The van der Waals surface area contributed by atoms with Crippen LogP contribution in [0.2, 0.25) is 0 Å². The molecule has 90 valence electrons. The van der Waals surface area contributed by atoms with Gasteiger partial charge < -0.3 is 9.84 Å². The lowest BCUT2D eigenvalue weighted by molar-refractivity contribution is 0.384. The molecule has 1 unspecified atom stereocenters. The third kappa shape index (κ3) is 3.50. The number of nitrogens with zero attached hydrogens (tertiary/aromatic N) is 2. The Morgan fingerprint density at radius 2 is 2.06 bits per heavy atom. The Balaban J connectivity index is 1.93. The minimum absolute atomic E-state index is 0.269. The van der Waals surface area contributed by atoms with Crippen molar-refractivity contribution in [2.75, 3.05) is 0 Å². The van der Waals surface area contributed by atoms with Gasteiger partial charge in [-0.25, -0.2) is 0 Å². The van der Waals surface area contributed by atoms with E-state index >= 15 is 0 Å². The van der Waals surface area contributed by atoms with Gasteiger partial charge in [0.05, 0.1) is 6.54 Å². The molecule has 1 aromatic heterocycles. The average molecular weight is 343 g/mol. The standard InChI is InChI=1S/C12H14IN3O/c1-8(10-3-5-11(13)6-4-10)14-7-12-15-9(2)17-16-12/h3-6,8,14H,7H2,1-2H3.